The van der Waals surface area contributed by atoms with Crippen LogP contribution in [0.1, 0.15) is 33.0 Å². The van der Waals surface area contributed by atoms with Gasteiger partial charge in [-0.3, -0.25) is 9.48 Å². The summed E-state index contributed by atoms with van der Waals surface area (Å²) in [7, 11) is 0. The number of aromatic nitrogens is 2. The second-order valence-corrected chi connectivity index (χ2v) is 7.68. The maximum atomic E-state index is 12.5. The molecule has 0 unspecified atom stereocenters. The van der Waals surface area contributed by atoms with Crippen LogP contribution in [-0.2, 0) is 13.2 Å². The van der Waals surface area contributed by atoms with Gasteiger partial charge in [-0.1, -0.05) is 35.9 Å². The molecule has 4 rings (SSSR count). The van der Waals surface area contributed by atoms with E-state index in [-0.39, 0.29) is 18.3 Å². The van der Waals surface area contributed by atoms with Gasteiger partial charge in [-0.25, -0.2) is 0 Å². The molecule has 31 heavy (non-hydrogen) atoms. The van der Waals surface area contributed by atoms with Gasteiger partial charge in [0.1, 0.15) is 18.1 Å². The van der Waals surface area contributed by atoms with Crippen molar-refractivity contribution in [1.82, 2.24) is 9.78 Å². The first-order valence-electron chi connectivity index (χ1n) is 9.84. The minimum absolute atomic E-state index is 0.206. The molecule has 2 aromatic heterocycles. The lowest BCUT2D eigenvalue weighted by Crippen LogP contribution is -2.10. The fourth-order valence-corrected chi connectivity index (χ4v) is 3.24. The highest BCUT2D eigenvalue weighted by molar-refractivity contribution is 6.31. The van der Waals surface area contributed by atoms with Gasteiger partial charge in [0.25, 0.3) is 5.91 Å². The Kier molecular flexibility index (Phi) is 6.09. The first-order chi connectivity index (χ1) is 15.0. The van der Waals surface area contributed by atoms with Crippen molar-refractivity contribution < 1.29 is 13.9 Å². The SMILES string of the molecule is Cc1ccc(OCc2ccc(C(=O)Nc3cnn(Cc4ccccc4Cl)c3)o2)cc1C. The molecular weight excluding hydrogens is 414 g/mol. The number of hydrogen-bond acceptors (Lipinski definition) is 4. The molecule has 0 radical (unpaired) electrons. The van der Waals surface area contributed by atoms with Crippen molar-refractivity contribution in [2.45, 2.75) is 27.0 Å². The number of furan rings is 1. The van der Waals surface area contributed by atoms with Crippen molar-refractivity contribution in [3.63, 3.8) is 0 Å². The number of carbonyl (C=O) groups is 1. The molecule has 0 saturated carbocycles. The van der Waals surface area contributed by atoms with E-state index in [0.29, 0.717) is 23.0 Å². The molecule has 0 aliphatic rings. The number of anilines is 1. The number of amides is 1. The Balaban J connectivity index is 1.34. The number of hydrogen-bond donors (Lipinski definition) is 1. The number of ether oxygens (including phenoxy) is 1. The zero-order valence-electron chi connectivity index (χ0n) is 17.3. The number of nitrogens with zero attached hydrogens (tertiary/aromatic N) is 2. The molecular formula is C24H22ClN3O3. The number of rotatable bonds is 7. The Labute approximate surface area is 185 Å². The maximum absolute atomic E-state index is 12.5. The molecule has 4 aromatic rings. The molecule has 0 bridgehead atoms. The Hall–Kier alpha value is -3.51. The van der Waals surface area contributed by atoms with E-state index in [1.54, 1.807) is 29.2 Å². The summed E-state index contributed by atoms with van der Waals surface area (Å²) in [4.78, 5) is 12.5. The summed E-state index contributed by atoms with van der Waals surface area (Å²) in [5.41, 5.74) is 3.89. The smallest absolute Gasteiger partial charge is 0.291 e. The lowest BCUT2D eigenvalue weighted by atomic mass is 10.1. The standard InChI is InChI=1S/C24H22ClN3O3/c1-16-7-8-20(11-17(16)2)30-15-21-9-10-23(31-21)24(29)27-19-12-26-28(14-19)13-18-5-3-4-6-22(18)25/h3-12,14H,13,15H2,1-2H3,(H,27,29). The third-order valence-corrected chi connectivity index (χ3v) is 5.29. The first-order valence-corrected chi connectivity index (χ1v) is 10.2. The molecule has 1 amide bonds. The summed E-state index contributed by atoms with van der Waals surface area (Å²) in [5, 5.41) is 7.74. The van der Waals surface area contributed by atoms with Gasteiger partial charge in [0, 0.05) is 11.2 Å². The third-order valence-electron chi connectivity index (χ3n) is 4.93. The molecule has 7 heteroatoms. The van der Waals surface area contributed by atoms with Crippen LogP contribution in [0.15, 0.2) is 71.4 Å². The van der Waals surface area contributed by atoms with Gasteiger partial charge < -0.3 is 14.5 Å². The summed E-state index contributed by atoms with van der Waals surface area (Å²) < 4.78 is 13.1. The van der Waals surface area contributed by atoms with Crippen molar-refractivity contribution in [1.29, 1.82) is 0 Å². The van der Waals surface area contributed by atoms with Crippen LogP contribution in [0.2, 0.25) is 5.02 Å². The Morgan fingerprint density at radius 3 is 2.77 bits per heavy atom. The number of benzene rings is 2. The summed E-state index contributed by atoms with van der Waals surface area (Å²) in [5.74, 6) is 1.18. The highest BCUT2D eigenvalue weighted by atomic mass is 35.5. The van der Waals surface area contributed by atoms with Gasteiger partial charge in [-0.15, -0.1) is 0 Å². The average molecular weight is 436 g/mol. The fraction of sp³-hybridized carbons (Fsp3) is 0.167. The van der Waals surface area contributed by atoms with E-state index < -0.39 is 0 Å². The first kappa shape index (κ1) is 20.8. The summed E-state index contributed by atoms with van der Waals surface area (Å²) in [6.45, 7) is 4.84. The van der Waals surface area contributed by atoms with Gasteiger partial charge >= 0.3 is 0 Å². The predicted octanol–water partition coefficient (Wildman–Crippen LogP) is 5.63. The van der Waals surface area contributed by atoms with Crippen molar-refractivity contribution in [3.05, 3.63) is 100 Å². The van der Waals surface area contributed by atoms with Crippen LogP contribution in [0.25, 0.3) is 0 Å². The van der Waals surface area contributed by atoms with E-state index in [1.807, 2.05) is 49.4 Å². The molecule has 2 heterocycles. The van der Waals surface area contributed by atoms with Gasteiger partial charge in [0.2, 0.25) is 0 Å². The monoisotopic (exact) mass is 435 g/mol. The van der Waals surface area contributed by atoms with E-state index in [1.165, 1.54) is 5.56 Å². The minimum atomic E-state index is -0.352. The highest BCUT2D eigenvalue weighted by Crippen LogP contribution is 2.20. The van der Waals surface area contributed by atoms with Crippen molar-refractivity contribution in [3.8, 4) is 5.75 Å². The number of aryl methyl sites for hydroxylation is 2. The van der Waals surface area contributed by atoms with Gasteiger partial charge in [-0.2, -0.15) is 5.10 Å². The zero-order chi connectivity index (χ0) is 21.8. The summed E-state index contributed by atoms with van der Waals surface area (Å²) >= 11 is 6.19. The van der Waals surface area contributed by atoms with E-state index >= 15 is 0 Å². The Morgan fingerprint density at radius 1 is 1.13 bits per heavy atom. The van der Waals surface area contributed by atoms with Crippen LogP contribution >= 0.6 is 11.6 Å². The third kappa shape index (κ3) is 5.16. The van der Waals surface area contributed by atoms with Crippen molar-refractivity contribution in [2.75, 3.05) is 5.32 Å². The maximum Gasteiger partial charge on any atom is 0.291 e. The molecule has 0 atom stereocenters. The molecule has 2 aromatic carbocycles. The van der Waals surface area contributed by atoms with Crippen LogP contribution < -0.4 is 10.1 Å². The minimum Gasteiger partial charge on any atom is -0.486 e. The molecule has 0 aliphatic heterocycles. The molecule has 158 valence electrons. The van der Waals surface area contributed by atoms with Crippen molar-refractivity contribution in [2.24, 2.45) is 0 Å². The van der Waals surface area contributed by atoms with E-state index in [0.717, 1.165) is 16.9 Å². The molecule has 0 fully saturated rings. The van der Waals surface area contributed by atoms with Crippen LogP contribution in [0.5, 0.6) is 5.75 Å². The molecule has 6 nitrogen and oxygen atoms in total. The van der Waals surface area contributed by atoms with Gasteiger partial charge in [0.15, 0.2) is 5.76 Å². The summed E-state index contributed by atoms with van der Waals surface area (Å²) in [6, 6.07) is 16.8. The van der Waals surface area contributed by atoms with Crippen LogP contribution in [0.3, 0.4) is 0 Å². The van der Waals surface area contributed by atoms with Crippen molar-refractivity contribution >= 4 is 23.2 Å². The number of nitrogens with one attached hydrogen (secondary N) is 1. The number of carbonyl (C=O) groups excluding carboxylic acids is 1. The summed E-state index contributed by atoms with van der Waals surface area (Å²) in [6.07, 6.45) is 3.33. The quantitative estimate of drug-likeness (QED) is 0.408. The largest absolute Gasteiger partial charge is 0.486 e. The highest BCUT2D eigenvalue weighted by Gasteiger charge is 2.13. The topological polar surface area (TPSA) is 69.3 Å². The molecule has 0 aliphatic carbocycles. The van der Waals surface area contributed by atoms with Crippen LogP contribution in [0, 0.1) is 13.8 Å². The zero-order valence-corrected chi connectivity index (χ0v) is 18.0. The molecule has 0 saturated heterocycles. The second kappa shape index (κ2) is 9.10. The van der Waals surface area contributed by atoms with Crippen LogP contribution in [-0.4, -0.2) is 15.7 Å². The average Bonchev–Trinajstić information content (AvgIpc) is 3.40. The van der Waals surface area contributed by atoms with Gasteiger partial charge in [0.05, 0.1) is 18.4 Å². The Morgan fingerprint density at radius 2 is 1.97 bits per heavy atom. The van der Waals surface area contributed by atoms with Crippen LogP contribution in [0.4, 0.5) is 5.69 Å². The molecule has 0 spiro atoms. The lowest BCUT2D eigenvalue weighted by molar-refractivity contribution is 0.0992. The second-order valence-electron chi connectivity index (χ2n) is 7.27. The van der Waals surface area contributed by atoms with E-state index in [9.17, 15) is 4.79 Å². The Bertz CT molecular complexity index is 1210. The van der Waals surface area contributed by atoms with E-state index in [4.69, 9.17) is 20.8 Å². The van der Waals surface area contributed by atoms with E-state index in [2.05, 4.69) is 17.3 Å². The van der Waals surface area contributed by atoms with Gasteiger partial charge in [-0.05, 0) is 60.9 Å². The fourth-order valence-electron chi connectivity index (χ4n) is 3.04. The lowest BCUT2D eigenvalue weighted by Gasteiger charge is -2.06. The normalized spacial score (nSPS) is 10.8. The predicted molar refractivity (Wildman–Crippen MR) is 120 cm³/mol. The molecule has 1 N–H and O–H groups in total. The number of halogens is 1.